The van der Waals surface area contributed by atoms with Gasteiger partial charge in [0.15, 0.2) is 11.5 Å². The number of halogens is 1. The molecule has 2 aromatic rings. The smallest absolute Gasteiger partial charge is 0.275 e. The first-order valence-electron chi connectivity index (χ1n) is 7.18. The van der Waals surface area contributed by atoms with E-state index in [4.69, 9.17) is 21.1 Å². The molecule has 0 aliphatic heterocycles. The normalized spacial score (nSPS) is 10.6. The summed E-state index contributed by atoms with van der Waals surface area (Å²) < 4.78 is 10.7. The van der Waals surface area contributed by atoms with E-state index in [0.717, 1.165) is 0 Å². The van der Waals surface area contributed by atoms with Crippen LogP contribution in [0.4, 0.5) is 0 Å². The van der Waals surface area contributed by atoms with Crippen LogP contribution >= 0.6 is 11.6 Å². The number of phenols is 1. The third-order valence-corrected chi connectivity index (χ3v) is 3.31. The van der Waals surface area contributed by atoms with E-state index in [9.17, 15) is 9.90 Å². The minimum atomic E-state index is -0.566. The molecule has 0 radical (unpaired) electrons. The van der Waals surface area contributed by atoms with Gasteiger partial charge in [-0.25, -0.2) is 5.43 Å². The van der Waals surface area contributed by atoms with Gasteiger partial charge in [0.2, 0.25) is 0 Å². The lowest BCUT2D eigenvalue weighted by Gasteiger charge is -2.09. The Morgan fingerprint density at radius 3 is 2.79 bits per heavy atom. The predicted octanol–water partition coefficient (Wildman–Crippen LogP) is 3.22. The van der Waals surface area contributed by atoms with Crippen molar-refractivity contribution in [1.82, 2.24) is 5.43 Å². The van der Waals surface area contributed by atoms with Crippen molar-refractivity contribution in [2.75, 3.05) is 13.7 Å². The minimum Gasteiger partial charge on any atom is -0.507 e. The maximum atomic E-state index is 12.0. The highest BCUT2D eigenvalue weighted by Gasteiger charge is 2.10. The number of rotatable bonds is 6. The Kier molecular flexibility index (Phi) is 6.03. The summed E-state index contributed by atoms with van der Waals surface area (Å²) in [5, 5.41) is 13.9. The molecule has 0 bridgehead atoms. The first-order valence-corrected chi connectivity index (χ1v) is 7.55. The maximum absolute atomic E-state index is 12.0. The van der Waals surface area contributed by atoms with E-state index in [1.165, 1.54) is 24.4 Å². The van der Waals surface area contributed by atoms with Crippen LogP contribution in [0.2, 0.25) is 5.02 Å². The summed E-state index contributed by atoms with van der Waals surface area (Å²) >= 11 is 5.81. The highest BCUT2D eigenvalue weighted by molar-refractivity contribution is 6.31. The number of nitrogens with zero attached hydrogens (tertiary/aromatic N) is 1. The van der Waals surface area contributed by atoms with Crippen LogP contribution in [0.5, 0.6) is 17.2 Å². The molecule has 0 aliphatic carbocycles. The third kappa shape index (κ3) is 4.39. The van der Waals surface area contributed by atoms with Crippen LogP contribution in [0.1, 0.15) is 22.8 Å². The lowest BCUT2D eigenvalue weighted by molar-refractivity contribution is 0.0952. The summed E-state index contributed by atoms with van der Waals surface area (Å²) in [4.78, 5) is 12.0. The summed E-state index contributed by atoms with van der Waals surface area (Å²) in [5.41, 5.74) is 3.09. The number of carbonyl (C=O) groups is 1. The van der Waals surface area contributed by atoms with Crippen molar-refractivity contribution < 1.29 is 19.4 Å². The molecule has 126 valence electrons. The molecular formula is C17H17ClN2O4. The van der Waals surface area contributed by atoms with Gasteiger partial charge in [-0.05, 0) is 48.9 Å². The number of methoxy groups -OCH3 is 1. The zero-order chi connectivity index (χ0) is 17.5. The lowest BCUT2D eigenvalue weighted by Crippen LogP contribution is -2.17. The Morgan fingerprint density at radius 2 is 2.08 bits per heavy atom. The molecule has 2 rings (SSSR count). The van der Waals surface area contributed by atoms with Crippen molar-refractivity contribution >= 4 is 23.7 Å². The molecule has 0 saturated heterocycles. The predicted molar refractivity (Wildman–Crippen MR) is 92.3 cm³/mol. The second-order valence-corrected chi connectivity index (χ2v) is 5.14. The highest BCUT2D eigenvalue weighted by Crippen LogP contribution is 2.27. The van der Waals surface area contributed by atoms with Crippen LogP contribution in [-0.2, 0) is 0 Å². The van der Waals surface area contributed by atoms with Crippen LogP contribution in [0.25, 0.3) is 0 Å². The zero-order valence-electron chi connectivity index (χ0n) is 13.2. The first-order chi connectivity index (χ1) is 11.5. The Balaban J connectivity index is 2.08. The fraction of sp³-hybridized carbons (Fsp3) is 0.176. The van der Waals surface area contributed by atoms with Crippen LogP contribution in [0.3, 0.4) is 0 Å². The van der Waals surface area contributed by atoms with Gasteiger partial charge >= 0.3 is 0 Å². The fourth-order valence-electron chi connectivity index (χ4n) is 1.96. The van der Waals surface area contributed by atoms with Gasteiger partial charge in [0.25, 0.3) is 5.91 Å². The molecule has 6 nitrogen and oxygen atoms in total. The van der Waals surface area contributed by atoms with E-state index >= 15 is 0 Å². The van der Waals surface area contributed by atoms with Gasteiger partial charge in [0.1, 0.15) is 5.75 Å². The summed E-state index contributed by atoms with van der Waals surface area (Å²) in [5.74, 6) is 0.462. The minimum absolute atomic E-state index is 0.0453. The van der Waals surface area contributed by atoms with Gasteiger partial charge in [-0.1, -0.05) is 11.6 Å². The lowest BCUT2D eigenvalue weighted by atomic mass is 10.2. The molecule has 0 aromatic heterocycles. The van der Waals surface area contributed by atoms with Gasteiger partial charge in [0, 0.05) is 5.02 Å². The van der Waals surface area contributed by atoms with E-state index in [1.807, 2.05) is 6.92 Å². The SMILES string of the molecule is CCOc1ccc(/C=N\NC(=O)c2cc(Cl)ccc2O)cc1OC. The number of ether oxygens (including phenoxy) is 2. The summed E-state index contributed by atoms with van der Waals surface area (Å²) in [6, 6.07) is 9.47. The number of hydrogen-bond donors (Lipinski definition) is 2. The third-order valence-electron chi connectivity index (χ3n) is 3.07. The van der Waals surface area contributed by atoms with E-state index in [0.29, 0.717) is 28.7 Å². The molecule has 1 amide bonds. The number of benzene rings is 2. The quantitative estimate of drug-likeness (QED) is 0.620. The molecule has 7 heteroatoms. The van der Waals surface area contributed by atoms with Crippen molar-refractivity contribution in [3.05, 3.63) is 52.5 Å². The standard InChI is InChI=1S/C17H17ClN2O4/c1-3-24-15-7-4-11(8-16(15)23-2)10-19-20-17(22)13-9-12(18)5-6-14(13)21/h4-10,21H,3H2,1-2H3,(H,20,22)/b19-10-. The van der Waals surface area contributed by atoms with Gasteiger partial charge in [-0.2, -0.15) is 5.10 Å². The largest absolute Gasteiger partial charge is 0.507 e. The van der Waals surface area contributed by atoms with Crippen LogP contribution in [0.15, 0.2) is 41.5 Å². The van der Waals surface area contributed by atoms with Crippen molar-refractivity contribution in [3.63, 3.8) is 0 Å². The summed E-state index contributed by atoms with van der Waals surface area (Å²) in [6.07, 6.45) is 1.46. The van der Waals surface area contributed by atoms with Gasteiger partial charge in [-0.3, -0.25) is 4.79 Å². The summed E-state index contributed by atoms with van der Waals surface area (Å²) in [6.45, 7) is 2.42. The van der Waals surface area contributed by atoms with E-state index in [2.05, 4.69) is 10.5 Å². The second kappa shape index (κ2) is 8.21. The fourth-order valence-corrected chi connectivity index (χ4v) is 2.13. The molecule has 0 saturated carbocycles. The van der Waals surface area contributed by atoms with Crippen molar-refractivity contribution in [1.29, 1.82) is 0 Å². The van der Waals surface area contributed by atoms with Crippen molar-refractivity contribution in [2.45, 2.75) is 6.92 Å². The number of carbonyl (C=O) groups excluding carboxylic acids is 1. The Bertz CT molecular complexity index is 762. The molecule has 0 heterocycles. The van der Waals surface area contributed by atoms with Gasteiger partial charge in [-0.15, -0.1) is 0 Å². The zero-order valence-corrected chi connectivity index (χ0v) is 14.0. The number of phenolic OH excluding ortho intramolecular Hbond substituents is 1. The molecule has 2 aromatic carbocycles. The molecule has 0 aliphatic rings. The molecule has 24 heavy (non-hydrogen) atoms. The van der Waals surface area contributed by atoms with Crippen LogP contribution in [0, 0.1) is 0 Å². The monoisotopic (exact) mass is 348 g/mol. The van der Waals surface area contributed by atoms with E-state index in [1.54, 1.807) is 25.3 Å². The van der Waals surface area contributed by atoms with E-state index in [-0.39, 0.29) is 11.3 Å². The molecule has 0 fully saturated rings. The van der Waals surface area contributed by atoms with Crippen molar-refractivity contribution in [2.24, 2.45) is 5.10 Å². The van der Waals surface area contributed by atoms with Gasteiger partial charge < -0.3 is 14.6 Å². The Labute approximate surface area is 144 Å². The topological polar surface area (TPSA) is 80.2 Å². The number of nitrogens with one attached hydrogen (secondary N) is 1. The molecule has 2 N–H and O–H groups in total. The Hall–Kier alpha value is -2.73. The second-order valence-electron chi connectivity index (χ2n) is 4.70. The summed E-state index contributed by atoms with van der Waals surface area (Å²) in [7, 11) is 1.54. The molecule has 0 unspecified atom stereocenters. The molecular weight excluding hydrogens is 332 g/mol. The first kappa shape index (κ1) is 17.6. The Morgan fingerprint density at radius 1 is 1.29 bits per heavy atom. The van der Waals surface area contributed by atoms with Gasteiger partial charge in [0.05, 0.1) is 25.5 Å². The molecule has 0 atom stereocenters. The van der Waals surface area contributed by atoms with Crippen LogP contribution in [-0.4, -0.2) is 30.9 Å². The number of amides is 1. The maximum Gasteiger partial charge on any atom is 0.275 e. The van der Waals surface area contributed by atoms with Crippen LogP contribution < -0.4 is 14.9 Å². The number of hydrazone groups is 1. The average Bonchev–Trinajstić information content (AvgIpc) is 2.58. The average molecular weight is 349 g/mol. The number of aromatic hydroxyl groups is 1. The van der Waals surface area contributed by atoms with Crippen molar-refractivity contribution in [3.8, 4) is 17.2 Å². The molecule has 0 spiro atoms. The van der Waals surface area contributed by atoms with E-state index < -0.39 is 5.91 Å². The number of hydrogen-bond acceptors (Lipinski definition) is 5. The highest BCUT2D eigenvalue weighted by atomic mass is 35.5.